The minimum atomic E-state index is -4.85. The molecule has 2 fully saturated rings. The van der Waals surface area contributed by atoms with Crippen LogP contribution < -0.4 is 9.64 Å². The number of anilines is 1. The highest BCUT2D eigenvalue weighted by Gasteiger charge is 2.36. The monoisotopic (exact) mass is 562 g/mol. The molecular formula is C29H30F4N2O5. The molecule has 1 saturated heterocycles. The Balaban J connectivity index is 1.30. The first-order valence-electron chi connectivity index (χ1n) is 13.4. The van der Waals surface area contributed by atoms with Crippen LogP contribution in [0.5, 0.6) is 5.75 Å². The molecule has 1 aromatic heterocycles. The van der Waals surface area contributed by atoms with E-state index in [0.29, 0.717) is 30.0 Å². The number of halogens is 4. The second kappa shape index (κ2) is 11.5. The van der Waals surface area contributed by atoms with Crippen LogP contribution >= 0.6 is 0 Å². The van der Waals surface area contributed by atoms with Gasteiger partial charge in [-0.25, -0.2) is 9.18 Å². The van der Waals surface area contributed by atoms with Gasteiger partial charge in [0.15, 0.2) is 0 Å². The van der Waals surface area contributed by atoms with Crippen molar-refractivity contribution in [3.8, 4) is 17.0 Å². The molecule has 0 radical (unpaired) electrons. The Morgan fingerprint density at radius 3 is 2.55 bits per heavy atom. The first kappa shape index (κ1) is 27.9. The smallest absolute Gasteiger partial charge is 0.478 e. The maximum Gasteiger partial charge on any atom is 0.573 e. The van der Waals surface area contributed by atoms with Gasteiger partial charge in [0.25, 0.3) is 0 Å². The van der Waals surface area contributed by atoms with Crippen LogP contribution in [0.2, 0.25) is 0 Å². The van der Waals surface area contributed by atoms with E-state index in [4.69, 9.17) is 9.26 Å². The lowest BCUT2D eigenvalue weighted by Gasteiger charge is -2.32. The fraction of sp³-hybridized carbons (Fsp3) is 0.448. The van der Waals surface area contributed by atoms with Gasteiger partial charge in [-0.3, -0.25) is 0 Å². The molecule has 11 heteroatoms. The number of hydrogen-bond donors (Lipinski definition) is 1. The van der Waals surface area contributed by atoms with E-state index in [0.717, 1.165) is 38.2 Å². The van der Waals surface area contributed by atoms with Gasteiger partial charge in [0, 0.05) is 35.7 Å². The number of aromatic carboxylic acids is 1. The standard InChI is InChI=1S/C29H30F4N2O5/c1-2-19-10-11-20(35(19)24-12-9-18(28(36)37)15-23(24)30)13-14-38-16-22-26(34-40-27(22)17-7-8-17)21-5-3-4-6-25(21)39-29(31,32)33/h3-6,9,12,15,17,19-20H,2,7-8,10-11,13-14,16H2,1H3,(H,36,37)/t19?,20-/m0/s1. The van der Waals surface area contributed by atoms with E-state index in [9.17, 15) is 27.5 Å². The van der Waals surface area contributed by atoms with Crippen LogP contribution in [-0.2, 0) is 11.3 Å². The van der Waals surface area contributed by atoms with Gasteiger partial charge in [0.1, 0.15) is 23.0 Å². The van der Waals surface area contributed by atoms with Gasteiger partial charge in [-0.1, -0.05) is 24.2 Å². The van der Waals surface area contributed by atoms with Gasteiger partial charge in [-0.05, 0) is 68.9 Å². The fourth-order valence-corrected chi connectivity index (χ4v) is 5.50. The lowest BCUT2D eigenvalue weighted by atomic mass is 10.0. The lowest BCUT2D eigenvalue weighted by molar-refractivity contribution is -0.274. The Morgan fingerprint density at radius 1 is 1.12 bits per heavy atom. The molecule has 40 heavy (non-hydrogen) atoms. The Bertz CT molecular complexity index is 1350. The zero-order valence-corrected chi connectivity index (χ0v) is 21.9. The number of rotatable bonds is 11. The van der Waals surface area contributed by atoms with Crippen LogP contribution in [-0.4, -0.2) is 41.3 Å². The first-order chi connectivity index (χ1) is 19.2. The second-order valence-corrected chi connectivity index (χ2v) is 10.2. The number of ether oxygens (including phenoxy) is 2. The number of hydrogen-bond acceptors (Lipinski definition) is 6. The molecule has 2 heterocycles. The normalized spacial score (nSPS) is 19.3. The summed E-state index contributed by atoms with van der Waals surface area (Å²) in [4.78, 5) is 13.3. The van der Waals surface area contributed by atoms with Crippen LogP contribution in [0.25, 0.3) is 11.3 Å². The van der Waals surface area contributed by atoms with Crippen molar-refractivity contribution in [3.63, 3.8) is 0 Å². The average Bonchev–Trinajstić information content (AvgIpc) is 3.54. The summed E-state index contributed by atoms with van der Waals surface area (Å²) in [6.07, 6.45) is 0.0606. The largest absolute Gasteiger partial charge is 0.573 e. The molecule has 0 amide bonds. The summed E-state index contributed by atoms with van der Waals surface area (Å²) < 4.78 is 69.9. The molecule has 3 aromatic rings. The Labute approximate surface area is 228 Å². The summed E-state index contributed by atoms with van der Waals surface area (Å²) >= 11 is 0. The highest BCUT2D eigenvalue weighted by Crippen LogP contribution is 2.45. The van der Waals surface area contributed by atoms with Crippen molar-refractivity contribution in [2.75, 3.05) is 11.5 Å². The van der Waals surface area contributed by atoms with E-state index < -0.39 is 18.1 Å². The van der Waals surface area contributed by atoms with Crippen LogP contribution in [0, 0.1) is 5.82 Å². The third-order valence-corrected chi connectivity index (χ3v) is 7.54. The van der Waals surface area contributed by atoms with Gasteiger partial charge >= 0.3 is 12.3 Å². The molecule has 1 N–H and O–H groups in total. The van der Waals surface area contributed by atoms with Crippen molar-refractivity contribution in [1.82, 2.24) is 5.16 Å². The predicted molar refractivity (Wildman–Crippen MR) is 138 cm³/mol. The SMILES string of the molecule is CCC1CC[C@@H](CCOCc2c(-c3ccccc3OC(F)(F)F)noc2C2CC2)N1c1ccc(C(=O)O)cc1F. The molecule has 1 unspecified atom stereocenters. The molecule has 1 saturated carbocycles. The number of nitrogens with zero attached hydrogens (tertiary/aromatic N) is 2. The first-order valence-corrected chi connectivity index (χ1v) is 13.4. The number of aromatic nitrogens is 1. The van der Waals surface area contributed by atoms with E-state index >= 15 is 0 Å². The molecule has 2 aliphatic rings. The van der Waals surface area contributed by atoms with E-state index in [-0.39, 0.29) is 47.2 Å². The molecule has 0 bridgehead atoms. The van der Waals surface area contributed by atoms with E-state index in [1.54, 1.807) is 6.07 Å². The molecule has 0 spiro atoms. The van der Waals surface area contributed by atoms with Crippen molar-refractivity contribution >= 4 is 11.7 Å². The van der Waals surface area contributed by atoms with Gasteiger partial charge < -0.3 is 24.0 Å². The lowest BCUT2D eigenvalue weighted by Crippen LogP contribution is -2.37. The fourth-order valence-electron chi connectivity index (χ4n) is 5.50. The molecular weight excluding hydrogens is 532 g/mol. The van der Waals surface area contributed by atoms with E-state index in [1.165, 1.54) is 30.3 Å². The molecule has 1 aliphatic carbocycles. The van der Waals surface area contributed by atoms with Gasteiger partial charge in [0.2, 0.25) is 0 Å². The molecule has 2 atom stereocenters. The number of carboxylic acid groups (broad SMARTS) is 1. The van der Waals surface area contributed by atoms with Crippen LogP contribution in [0.4, 0.5) is 23.2 Å². The van der Waals surface area contributed by atoms with Gasteiger partial charge in [-0.2, -0.15) is 0 Å². The van der Waals surface area contributed by atoms with Crippen LogP contribution in [0.15, 0.2) is 47.0 Å². The molecule has 2 aromatic carbocycles. The van der Waals surface area contributed by atoms with Gasteiger partial charge in [0.05, 0.1) is 17.9 Å². The number of alkyl halides is 3. The van der Waals surface area contributed by atoms with E-state index in [2.05, 4.69) is 9.89 Å². The quantitative estimate of drug-likeness (QED) is 0.194. The van der Waals surface area contributed by atoms with Crippen LogP contribution in [0.1, 0.15) is 73.0 Å². The minimum absolute atomic E-state index is 0.0131. The highest BCUT2D eigenvalue weighted by molar-refractivity contribution is 5.88. The van der Waals surface area contributed by atoms with Crippen molar-refractivity contribution in [1.29, 1.82) is 0 Å². The van der Waals surface area contributed by atoms with E-state index in [1.807, 2.05) is 11.8 Å². The highest BCUT2D eigenvalue weighted by atomic mass is 19.4. The predicted octanol–water partition coefficient (Wildman–Crippen LogP) is 7.31. The van der Waals surface area contributed by atoms with Crippen molar-refractivity contribution < 1.29 is 41.5 Å². The molecule has 1 aliphatic heterocycles. The molecule has 5 rings (SSSR count). The topological polar surface area (TPSA) is 85.0 Å². The summed E-state index contributed by atoms with van der Waals surface area (Å²) in [7, 11) is 0. The molecule has 214 valence electrons. The number of carboxylic acids is 1. The Kier molecular flexibility index (Phi) is 8.02. The number of carbonyl (C=O) groups is 1. The zero-order chi connectivity index (χ0) is 28.4. The maximum atomic E-state index is 15.0. The van der Waals surface area contributed by atoms with Crippen LogP contribution in [0.3, 0.4) is 0 Å². The summed E-state index contributed by atoms with van der Waals surface area (Å²) in [5, 5.41) is 13.3. The molecule has 7 nitrogen and oxygen atoms in total. The van der Waals surface area contributed by atoms with Crippen molar-refractivity contribution in [2.45, 2.75) is 76.4 Å². The Hall–Kier alpha value is -3.60. The zero-order valence-electron chi connectivity index (χ0n) is 21.9. The van der Waals surface area contributed by atoms with Crippen molar-refractivity contribution in [2.24, 2.45) is 0 Å². The number of benzene rings is 2. The summed E-state index contributed by atoms with van der Waals surface area (Å²) in [5.41, 5.74) is 1.30. The third kappa shape index (κ3) is 6.09. The van der Waals surface area contributed by atoms with Crippen molar-refractivity contribution in [3.05, 3.63) is 65.2 Å². The average molecular weight is 563 g/mol. The van der Waals surface area contributed by atoms with Gasteiger partial charge in [-0.15, -0.1) is 13.2 Å². The number of para-hydroxylation sites is 1. The Morgan fingerprint density at radius 2 is 1.88 bits per heavy atom. The maximum absolute atomic E-state index is 15.0. The summed E-state index contributed by atoms with van der Waals surface area (Å²) in [6.45, 7) is 2.45. The summed E-state index contributed by atoms with van der Waals surface area (Å²) in [6, 6.07) is 9.88. The summed E-state index contributed by atoms with van der Waals surface area (Å²) in [5.74, 6) is -1.35. The minimum Gasteiger partial charge on any atom is -0.478 e. The third-order valence-electron chi connectivity index (χ3n) is 7.54. The second-order valence-electron chi connectivity index (χ2n) is 10.2.